The molecule has 78 heavy (non-hydrogen) atoms. The lowest BCUT2D eigenvalue weighted by molar-refractivity contribution is -0.136. The third-order valence-electron chi connectivity index (χ3n) is 12.4. The maximum Gasteiger partial charge on any atom is 0.287 e. The highest BCUT2D eigenvalue weighted by atomic mass is 16.4. The van der Waals surface area contributed by atoms with Gasteiger partial charge in [-0.05, 0) is 89.2 Å². The van der Waals surface area contributed by atoms with Gasteiger partial charge in [-0.1, -0.05) is 44.2 Å². The van der Waals surface area contributed by atoms with Crippen LogP contribution in [-0.2, 0) is 49.6 Å². The Morgan fingerprint density at radius 3 is 1.91 bits per heavy atom. The number of aliphatic hydroxyl groups is 3. The summed E-state index contributed by atoms with van der Waals surface area (Å²) in [5.41, 5.74) is 16.5. The van der Waals surface area contributed by atoms with E-state index in [0.717, 1.165) is 13.0 Å². The summed E-state index contributed by atoms with van der Waals surface area (Å²) in [4.78, 5) is 150. The van der Waals surface area contributed by atoms with Crippen LogP contribution in [0.2, 0.25) is 0 Å². The highest BCUT2D eigenvalue weighted by molar-refractivity contribution is 6.00. The summed E-state index contributed by atoms with van der Waals surface area (Å²) >= 11 is 0. The quantitative estimate of drug-likeness (QED) is 0.0409. The number of carbonyl (C=O) groups excluding carboxylic acids is 11. The minimum atomic E-state index is -1.89. The molecule has 2 aromatic rings. The summed E-state index contributed by atoms with van der Waals surface area (Å²) in [6.07, 6.45) is -3.82. The number of nitrogens with one attached hydrogen (secondary N) is 10. The number of hydrogen-bond donors (Lipinski definition) is 16. The number of aliphatic hydroxyl groups excluding tert-OH is 3. The van der Waals surface area contributed by atoms with Crippen molar-refractivity contribution in [1.82, 2.24) is 53.2 Å². The van der Waals surface area contributed by atoms with Crippen molar-refractivity contribution in [2.45, 2.75) is 139 Å². The van der Waals surface area contributed by atoms with Crippen LogP contribution in [0.4, 0.5) is 0 Å². The lowest BCUT2D eigenvalue weighted by Gasteiger charge is -2.34. The predicted molar refractivity (Wildman–Crippen MR) is 279 cm³/mol. The lowest BCUT2D eigenvalue weighted by atomic mass is 9.94. The molecular weight excluding hydrogens is 1020 g/mol. The van der Waals surface area contributed by atoms with E-state index in [4.69, 9.17) is 21.6 Å². The van der Waals surface area contributed by atoms with Crippen LogP contribution in [0.5, 0.6) is 0 Å². The zero-order valence-corrected chi connectivity index (χ0v) is 44.4. The Hall–Kier alpha value is -7.21. The molecule has 0 unspecified atom stereocenters. The molecule has 432 valence electrons. The fourth-order valence-electron chi connectivity index (χ4n) is 8.10. The minimum Gasteiger partial charge on any atom is -0.448 e. The van der Waals surface area contributed by atoms with E-state index in [2.05, 4.69) is 53.2 Å². The second-order valence-corrected chi connectivity index (χ2v) is 19.4. The first kappa shape index (κ1) is 65.1. The van der Waals surface area contributed by atoms with Crippen molar-refractivity contribution >= 4 is 65.2 Å². The Kier molecular flexibility index (Phi) is 26.6. The summed E-state index contributed by atoms with van der Waals surface area (Å²) < 4.78 is 5.19. The molecule has 1 fully saturated rings. The molecular formula is C50H77N13O15. The van der Waals surface area contributed by atoms with Crippen LogP contribution in [0.1, 0.15) is 93.4 Å². The monoisotopic (exact) mass is 1100 g/mol. The molecule has 2 heterocycles. The van der Waals surface area contributed by atoms with Crippen LogP contribution >= 0.6 is 0 Å². The highest BCUT2D eigenvalue weighted by Crippen LogP contribution is 2.14. The number of ketones is 1. The minimum absolute atomic E-state index is 0.0305. The van der Waals surface area contributed by atoms with Gasteiger partial charge >= 0.3 is 0 Å². The Labute approximate surface area is 451 Å². The second kappa shape index (κ2) is 31.9. The summed E-state index contributed by atoms with van der Waals surface area (Å²) in [5.74, 6) is -10.3. The van der Waals surface area contributed by atoms with Crippen LogP contribution in [-0.4, -0.2) is 186 Å². The highest BCUT2D eigenvalue weighted by Gasteiger charge is 2.39. The van der Waals surface area contributed by atoms with Gasteiger partial charge in [-0.3, -0.25) is 47.9 Å². The second-order valence-electron chi connectivity index (χ2n) is 19.4. The van der Waals surface area contributed by atoms with E-state index >= 15 is 0 Å². The van der Waals surface area contributed by atoms with Gasteiger partial charge in [-0.15, -0.1) is 0 Å². The Balaban J connectivity index is 2.11. The lowest BCUT2D eigenvalue weighted by Crippen LogP contribution is -2.64. The van der Waals surface area contributed by atoms with E-state index in [1.165, 1.54) is 19.9 Å². The molecule has 1 aliphatic heterocycles. The number of aldehydes is 1. The third kappa shape index (κ3) is 20.0. The van der Waals surface area contributed by atoms with Crippen LogP contribution in [0.25, 0.3) is 0 Å². The molecule has 28 nitrogen and oxygen atoms in total. The van der Waals surface area contributed by atoms with E-state index < -0.39 is 157 Å². The van der Waals surface area contributed by atoms with Gasteiger partial charge in [-0.25, -0.2) is 0 Å². The number of hydrogen-bond acceptors (Lipinski definition) is 19. The van der Waals surface area contributed by atoms with E-state index in [9.17, 15) is 68.1 Å². The SMILES string of the molecule is CC(=O)c1ccc(C(=O)N[C@H](C(=O)N[C@H](CO)C(=O)N[C@H]2CCNC(=O)[C@H]([C@@H](C)O)NC(=O)[C@H](CCN)NC[C@](C=O)(CCN)NC(=O)[C@H](CC(C)C)NC(=O)[C@@H](Cc3ccccc3)NC(=O)[C@H](CCN)NC2=O)[C@@H](C)O)o1. The molecule has 1 aromatic heterocycles. The van der Waals surface area contributed by atoms with Gasteiger partial charge in [0.2, 0.25) is 47.3 Å². The average Bonchev–Trinajstić information content (AvgIpc) is 3.90. The molecule has 0 saturated carbocycles. The van der Waals surface area contributed by atoms with E-state index in [1.807, 2.05) is 0 Å². The average molecular weight is 1100 g/mol. The first-order valence-electron chi connectivity index (χ1n) is 25.6. The van der Waals surface area contributed by atoms with Gasteiger partial charge in [0.1, 0.15) is 54.1 Å². The molecule has 0 spiro atoms. The van der Waals surface area contributed by atoms with Crippen molar-refractivity contribution in [3.05, 3.63) is 59.5 Å². The van der Waals surface area contributed by atoms with Gasteiger partial charge < -0.3 is 94.9 Å². The zero-order chi connectivity index (χ0) is 58.3. The molecule has 1 aromatic carbocycles. The first-order valence-corrected chi connectivity index (χ1v) is 25.6. The normalized spacial score (nSPS) is 24.1. The molecule has 0 radical (unpaired) electrons. The van der Waals surface area contributed by atoms with Crippen molar-refractivity contribution in [2.75, 3.05) is 39.3 Å². The van der Waals surface area contributed by atoms with E-state index in [0.29, 0.717) is 11.8 Å². The standard InChI is InChI=1S/C50H77N13O15/c1-26(2)21-34-46(74)63-50(25-65,16-19-53)24-55-31(13-17-51)41(69)61-39(28(4)67)48(76)54-20-15-33(43(71)56-32(14-18-52)42(70)59-35(44(72)58-34)22-30-9-7-6-8-10-30)57-45(73)36(23-64)60-49(77)40(29(5)68)62-47(75)38-12-11-37(78-38)27(3)66/h6-12,25-26,28-29,31-36,39-40,55,64,67-68H,13-24,51-53H2,1-5H3,(H,54,76)(H,56,71)(H,57,73)(H,58,72)(H,59,70)(H,60,77)(H,61,69)(H,62,75)(H,63,74)/t28-,29-,31+,32+,33+,34+,35-,36-,39+,40+,50+/m1/s1. The molecule has 0 bridgehead atoms. The van der Waals surface area contributed by atoms with E-state index in [-0.39, 0.29) is 63.4 Å². The number of furan rings is 1. The number of amides is 9. The maximum atomic E-state index is 14.4. The molecule has 9 amide bonds. The number of carbonyl (C=O) groups is 11. The Bertz CT molecular complexity index is 2390. The van der Waals surface area contributed by atoms with E-state index in [1.54, 1.807) is 44.2 Å². The van der Waals surface area contributed by atoms with Crippen molar-refractivity contribution in [3.8, 4) is 0 Å². The molecule has 0 aliphatic carbocycles. The molecule has 1 saturated heterocycles. The smallest absolute Gasteiger partial charge is 0.287 e. The zero-order valence-electron chi connectivity index (χ0n) is 44.4. The third-order valence-corrected chi connectivity index (χ3v) is 12.4. The van der Waals surface area contributed by atoms with Crippen LogP contribution in [0, 0.1) is 5.92 Å². The van der Waals surface area contributed by atoms with Gasteiger partial charge in [0.05, 0.1) is 24.9 Å². The number of Topliss-reactive ketones (excluding diaryl/α,β-unsaturated/α-hetero) is 1. The molecule has 1 aliphatic rings. The molecule has 28 heteroatoms. The summed E-state index contributed by atoms with van der Waals surface area (Å²) in [5, 5.41) is 56.7. The van der Waals surface area contributed by atoms with Crippen LogP contribution in [0.3, 0.4) is 0 Å². The number of rotatable bonds is 21. The van der Waals surface area contributed by atoms with Gasteiger partial charge in [0.15, 0.2) is 17.3 Å². The van der Waals surface area contributed by atoms with Gasteiger partial charge in [-0.2, -0.15) is 0 Å². The fourth-order valence-corrected chi connectivity index (χ4v) is 8.10. The maximum absolute atomic E-state index is 14.4. The number of nitrogens with two attached hydrogens (primary N) is 3. The van der Waals surface area contributed by atoms with Crippen LogP contribution in [0.15, 0.2) is 46.9 Å². The Morgan fingerprint density at radius 2 is 1.35 bits per heavy atom. The summed E-state index contributed by atoms with van der Waals surface area (Å²) in [7, 11) is 0. The topological polar surface area (TPSA) is 460 Å². The molecule has 3 rings (SSSR count). The summed E-state index contributed by atoms with van der Waals surface area (Å²) in [6.45, 7) is 4.63. The summed E-state index contributed by atoms with van der Waals surface area (Å²) in [6, 6.07) is -1.73. The van der Waals surface area contributed by atoms with Crippen molar-refractivity contribution in [2.24, 2.45) is 23.1 Å². The first-order chi connectivity index (χ1) is 36.9. The predicted octanol–water partition coefficient (Wildman–Crippen LogP) is -5.89. The number of benzene rings is 1. The van der Waals surface area contributed by atoms with Gasteiger partial charge in [0, 0.05) is 26.4 Å². The van der Waals surface area contributed by atoms with Crippen molar-refractivity contribution in [1.29, 1.82) is 0 Å². The van der Waals surface area contributed by atoms with Crippen molar-refractivity contribution < 1.29 is 72.5 Å². The molecule has 19 N–H and O–H groups in total. The van der Waals surface area contributed by atoms with Gasteiger partial charge in [0.25, 0.3) is 5.91 Å². The van der Waals surface area contributed by atoms with Crippen molar-refractivity contribution in [3.63, 3.8) is 0 Å². The Morgan fingerprint density at radius 1 is 0.744 bits per heavy atom. The molecule has 11 atom stereocenters. The van der Waals surface area contributed by atoms with Crippen LogP contribution < -0.4 is 70.4 Å². The fraction of sp³-hybridized carbons (Fsp3) is 0.580. The largest absolute Gasteiger partial charge is 0.448 e.